The quantitative estimate of drug-likeness (QED) is 0.375. The molecule has 3 aromatic heterocycles. The monoisotopic (exact) mass is 414 g/mol. The molecule has 6 nitrogen and oxygen atoms in total. The second kappa shape index (κ2) is 7.79. The fraction of sp³-hybridized carbons (Fsp3) is 0.250. The van der Waals surface area contributed by atoms with Gasteiger partial charge in [-0.3, -0.25) is 4.79 Å². The van der Waals surface area contributed by atoms with Gasteiger partial charge in [0.05, 0.1) is 29.5 Å². The molecule has 0 aliphatic heterocycles. The molecule has 0 radical (unpaired) electrons. The van der Waals surface area contributed by atoms with Gasteiger partial charge in [0.1, 0.15) is 5.03 Å². The van der Waals surface area contributed by atoms with Crippen molar-refractivity contribution in [2.45, 2.75) is 17.7 Å². The number of nitrogens with zero attached hydrogens (tertiary/aromatic N) is 3. The van der Waals surface area contributed by atoms with Crippen LogP contribution in [0.3, 0.4) is 0 Å². The van der Waals surface area contributed by atoms with E-state index in [1.165, 1.54) is 30.7 Å². The maximum absolute atomic E-state index is 13.1. The molecule has 27 heavy (non-hydrogen) atoms. The summed E-state index contributed by atoms with van der Waals surface area (Å²) in [6.07, 6.45) is -3.53. The minimum Gasteiger partial charge on any atom is -0.481 e. The van der Waals surface area contributed by atoms with Crippen LogP contribution in [0.15, 0.2) is 29.4 Å². The highest BCUT2D eigenvalue weighted by Crippen LogP contribution is 2.33. The molecule has 0 aliphatic rings. The first-order valence-electron chi connectivity index (χ1n) is 7.55. The van der Waals surface area contributed by atoms with Crippen LogP contribution in [-0.4, -0.2) is 33.6 Å². The Morgan fingerprint density at radius 1 is 1.33 bits per heavy atom. The van der Waals surface area contributed by atoms with E-state index >= 15 is 0 Å². The summed E-state index contributed by atoms with van der Waals surface area (Å²) < 4.78 is 44.3. The first kappa shape index (κ1) is 19.5. The fourth-order valence-corrected chi connectivity index (χ4v) is 3.98. The Kier molecular flexibility index (Phi) is 5.63. The van der Waals surface area contributed by atoms with E-state index in [1.807, 2.05) is 0 Å². The number of methoxy groups -OCH3 is 1. The van der Waals surface area contributed by atoms with Crippen LogP contribution in [0, 0.1) is 0 Å². The Labute approximate surface area is 160 Å². The van der Waals surface area contributed by atoms with Gasteiger partial charge in [0.25, 0.3) is 0 Å². The number of pyridine rings is 1. The maximum Gasteiger partial charge on any atom is 0.451 e. The molecule has 3 aromatic rings. The van der Waals surface area contributed by atoms with E-state index < -0.39 is 12.0 Å². The lowest BCUT2D eigenvalue weighted by molar-refractivity contribution is -0.145. The molecule has 3 rings (SSSR count). The van der Waals surface area contributed by atoms with Crippen molar-refractivity contribution in [1.29, 1.82) is 0 Å². The second-order valence-corrected chi connectivity index (χ2v) is 7.41. The second-order valence-electron chi connectivity index (χ2n) is 5.28. The summed E-state index contributed by atoms with van der Waals surface area (Å²) in [5.74, 6) is -1.35. The number of carbonyl (C=O) groups is 1. The molecular formula is C16H13F3N4O2S2. The van der Waals surface area contributed by atoms with Crippen LogP contribution in [0.25, 0.3) is 10.9 Å². The van der Waals surface area contributed by atoms with E-state index in [2.05, 4.69) is 15.0 Å². The number of hydrogen-bond acceptors (Lipinski definition) is 8. The molecule has 0 aromatic carbocycles. The summed E-state index contributed by atoms with van der Waals surface area (Å²) in [6.45, 7) is 0.323. The number of thiophene rings is 1. The van der Waals surface area contributed by atoms with Gasteiger partial charge < -0.3 is 10.5 Å². The SMILES string of the molecule is COc1cc2c(SCC(=O)c3ccc(CN)s3)nc(C(F)(F)F)nc2cn1. The zero-order valence-corrected chi connectivity index (χ0v) is 15.5. The largest absolute Gasteiger partial charge is 0.481 e. The van der Waals surface area contributed by atoms with Crippen LogP contribution in [-0.2, 0) is 12.7 Å². The first-order valence-corrected chi connectivity index (χ1v) is 9.35. The molecule has 0 atom stereocenters. The van der Waals surface area contributed by atoms with Crippen LogP contribution < -0.4 is 10.5 Å². The van der Waals surface area contributed by atoms with Gasteiger partial charge in [0, 0.05) is 22.9 Å². The Hall–Kier alpha value is -2.24. The third-order valence-corrected chi connectivity index (χ3v) is 5.60. The molecule has 0 spiro atoms. The Balaban J connectivity index is 1.94. The van der Waals surface area contributed by atoms with Gasteiger partial charge in [0.15, 0.2) is 5.78 Å². The number of thioether (sulfide) groups is 1. The molecule has 0 amide bonds. The normalized spacial score (nSPS) is 11.7. The lowest BCUT2D eigenvalue weighted by Gasteiger charge is -2.10. The number of rotatable bonds is 6. The van der Waals surface area contributed by atoms with Crippen molar-refractivity contribution < 1.29 is 22.7 Å². The topological polar surface area (TPSA) is 91.0 Å². The van der Waals surface area contributed by atoms with Gasteiger partial charge in [-0.2, -0.15) is 13.2 Å². The predicted molar refractivity (Wildman–Crippen MR) is 96.2 cm³/mol. The molecular weight excluding hydrogens is 401 g/mol. The molecule has 0 aliphatic carbocycles. The summed E-state index contributed by atoms with van der Waals surface area (Å²) in [4.78, 5) is 24.7. The van der Waals surface area contributed by atoms with Gasteiger partial charge in [-0.25, -0.2) is 15.0 Å². The lowest BCUT2D eigenvalue weighted by atomic mass is 10.3. The van der Waals surface area contributed by atoms with Crippen molar-refractivity contribution >= 4 is 39.8 Å². The minimum atomic E-state index is -4.71. The van der Waals surface area contributed by atoms with E-state index in [1.54, 1.807) is 12.1 Å². The molecule has 11 heteroatoms. The molecule has 0 fully saturated rings. The van der Waals surface area contributed by atoms with Crippen molar-refractivity contribution in [2.75, 3.05) is 12.9 Å². The Bertz CT molecular complexity index is 991. The number of aromatic nitrogens is 3. The van der Waals surface area contributed by atoms with E-state index in [9.17, 15) is 18.0 Å². The van der Waals surface area contributed by atoms with Crippen LogP contribution in [0.4, 0.5) is 13.2 Å². The number of halogens is 3. The molecule has 2 N–H and O–H groups in total. The van der Waals surface area contributed by atoms with E-state index in [4.69, 9.17) is 10.5 Å². The van der Waals surface area contributed by atoms with Crippen molar-refractivity contribution in [3.05, 3.63) is 40.0 Å². The predicted octanol–water partition coefficient (Wildman–Crippen LogP) is 3.55. The molecule has 0 bridgehead atoms. The maximum atomic E-state index is 13.1. The van der Waals surface area contributed by atoms with Gasteiger partial charge >= 0.3 is 6.18 Å². The minimum absolute atomic E-state index is 0.0228. The van der Waals surface area contributed by atoms with Crippen LogP contribution in [0.2, 0.25) is 0 Å². The zero-order valence-electron chi connectivity index (χ0n) is 13.9. The van der Waals surface area contributed by atoms with Gasteiger partial charge in [0.2, 0.25) is 11.7 Å². The van der Waals surface area contributed by atoms with Crippen LogP contribution >= 0.6 is 23.1 Å². The van der Waals surface area contributed by atoms with Crippen molar-refractivity contribution in [1.82, 2.24) is 15.0 Å². The van der Waals surface area contributed by atoms with E-state index in [-0.39, 0.29) is 28.0 Å². The average molecular weight is 414 g/mol. The Morgan fingerprint density at radius 2 is 2.11 bits per heavy atom. The van der Waals surface area contributed by atoms with Gasteiger partial charge in [-0.05, 0) is 12.1 Å². The number of alkyl halides is 3. The summed E-state index contributed by atoms with van der Waals surface area (Å²) in [5, 5.41) is 0.374. The highest BCUT2D eigenvalue weighted by atomic mass is 32.2. The number of carbonyl (C=O) groups excluding carboxylic acids is 1. The zero-order chi connectivity index (χ0) is 19.6. The molecule has 0 saturated heterocycles. The smallest absolute Gasteiger partial charge is 0.451 e. The van der Waals surface area contributed by atoms with Crippen molar-refractivity contribution in [2.24, 2.45) is 5.73 Å². The average Bonchev–Trinajstić information content (AvgIpc) is 3.13. The highest BCUT2D eigenvalue weighted by molar-refractivity contribution is 8.00. The van der Waals surface area contributed by atoms with Crippen LogP contribution in [0.1, 0.15) is 20.4 Å². The third kappa shape index (κ3) is 4.37. The number of Topliss-reactive ketones (excluding diaryl/α,β-unsaturated/α-hetero) is 1. The van der Waals surface area contributed by atoms with Crippen molar-refractivity contribution in [3.63, 3.8) is 0 Å². The number of ether oxygens (including phenoxy) is 1. The van der Waals surface area contributed by atoms with Crippen molar-refractivity contribution in [3.8, 4) is 5.88 Å². The molecule has 142 valence electrons. The Morgan fingerprint density at radius 3 is 2.74 bits per heavy atom. The van der Waals surface area contributed by atoms with Crippen LogP contribution in [0.5, 0.6) is 5.88 Å². The van der Waals surface area contributed by atoms with Gasteiger partial charge in [-0.15, -0.1) is 11.3 Å². The fourth-order valence-electron chi connectivity index (χ4n) is 2.18. The molecule has 0 saturated carbocycles. The number of ketones is 1. The summed E-state index contributed by atoms with van der Waals surface area (Å²) in [7, 11) is 1.39. The molecule has 3 heterocycles. The van der Waals surface area contributed by atoms with E-state index in [0.29, 0.717) is 16.8 Å². The highest BCUT2D eigenvalue weighted by Gasteiger charge is 2.35. The van der Waals surface area contributed by atoms with E-state index in [0.717, 1.165) is 16.6 Å². The lowest BCUT2D eigenvalue weighted by Crippen LogP contribution is -2.12. The summed E-state index contributed by atoms with van der Waals surface area (Å²) >= 11 is 2.17. The summed E-state index contributed by atoms with van der Waals surface area (Å²) in [5.41, 5.74) is 5.55. The number of fused-ring (bicyclic) bond motifs is 1. The summed E-state index contributed by atoms with van der Waals surface area (Å²) in [6, 6.07) is 4.85. The molecule has 0 unspecified atom stereocenters. The first-order chi connectivity index (χ1) is 12.8. The third-order valence-electron chi connectivity index (χ3n) is 3.46. The van der Waals surface area contributed by atoms with Gasteiger partial charge in [-0.1, -0.05) is 11.8 Å². The number of hydrogen-bond donors (Lipinski definition) is 1. The number of nitrogens with two attached hydrogens (primary N) is 1. The standard InChI is InChI=1S/C16H13F3N4O2S2/c1-25-13-4-9-10(6-21-13)22-15(16(17,18)19)23-14(9)26-7-11(24)12-3-2-8(5-20)27-12/h2-4,6H,5,7,20H2,1H3.